The molecule has 5 rings (SSSR count). The van der Waals surface area contributed by atoms with Gasteiger partial charge >= 0.3 is 5.97 Å². The van der Waals surface area contributed by atoms with Crippen molar-refractivity contribution in [3.05, 3.63) is 47.2 Å². The van der Waals surface area contributed by atoms with E-state index >= 15 is 0 Å². The first kappa shape index (κ1) is 22.0. The molecule has 0 bridgehead atoms. The standard InChI is InChI=1S/C22H23N7O4S/c1-13-5-6-15-14(10-24-29(15)18-4-2-3-9-33-18)20(13)26-21(32)16-11-23-22(34-16)25-17-7-8-28(27-17)12-19(30)31/h5-8,10-11,18H,2-4,9,12H2,1H3,(H,26,32)(H,30,31)(H,23,25,27). The lowest BCUT2D eigenvalue weighted by Gasteiger charge is -2.23. The summed E-state index contributed by atoms with van der Waals surface area (Å²) >= 11 is 1.18. The van der Waals surface area contributed by atoms with Crippen LogP contribution < -0.4 is 10.6 Å². The quantitative estimate of drug-likeness (QED) is 0.363. The first-order valence-electron chi connectivity index (χ1n) is 10.9. The Morgan fingerprint density at radius 2 is 2.15 bits per heavy atom. The molecule has 4 heterocycles. The molecule has 11 nitrogen and oxygen atoms in total. The van der Waals surface area contributed by atoms with Gasteiger partial charge in [0.05, 0.1) is 23.6 Å². The highest BCUT2D eigenvalue weighted by molar-refractivity contribution is 7.17. The number of nitrogens with one attached hydrogen (secondary N) is 2. The van der Waals surface area contributed by atoms with Crippen LogP contribution in [-0.2, 0) is 16.1 Å². The Morgan fingerprint density at radius 1 is 1.26 bits per heavy atom. The summed E-state index contributed by atoms with van der Waals surface area (Å²) in [5.74, 6) is -0.815. The smallest absolute Gasteiger partial charge is 0.325 e. The van der Waals surface area contributed by atoms with Crippen LogP contribution in [0, 0.1) is 6.92 Å². The van der Waals surface area contributed by atoms with E-state index in [9.17, 15) is 9.59 Å². The lowest BCUT2D eigenvalue weighted by atomic mass is 10.1. The van der Waals surface area contributed by atoms with E-state index in [4.69, 9.17) is 9.84 Å². The second-order valence-electron chi connectivity index (χ2n) is 8.00. The molecule has 0 aliphatic carbocycles. The minimum atomic E-state index is -0.982. The van der Waals surface area contributed by atoms with Crippen molar-refractivity contribution < 1.29 is 19.4 Å². The van der Waals surface area contributed by atoms with Gasteiger partial charge in [-0.3, -0.25) is 14.3 Å². The van der Waals surface area contributed by atoms with Gasteiger partial charge in [0, 0.05) is 24.3 Å². The Balaban J connectivity index is 1.32. The Bertz CT molecular complexity index is 1350. The number of hydrogen-bond acceptors (Lipinski definition) is 8. The van der Waals surface area contributed by atoms with Crippen LogP contribution in [-0.4, -0.2) is 48.1 Å². The van der Waals surface area contributed by atoms with Crippen molar-refractivity contribution in [2.24, 2.45) is 0 Å². The number of amides is 1. The van der Waals surface area contributed by atoms with E-state index < -0.39 is 5.97 Å². The maximum Gasteiger partial charge on any atom is 0.325 e. The van der Waals surface area contributed by atoms with Crippen LogP contribution in [0.4, 0.5) is 16.6 Å². The van der Waals surface area contributed by atoms with Crippen molar-refractivity contribution in [2.45, 2.75) is 39.0 Å². The zero-order valence-corrected chi connectivity index (χ0v) is 19.2. The van der Waals surface area contributed by atoms with Gasteiger partial charge in [-0.15, -0.1) is 0 Å². The van der Waals surface area contributed by atoms with Crippen molar-refractivity contribution in [1.82, 2.24) is 24.5 Å². The van der Waals surface area contributed by atoms with Crippen LogP contribution in [0.15, 0.2) is 36.8 Å². The molecule has 0 saturated carbocycles. The largest absolute Gasteiger partial charge is 0.480 e. The molecule has 0 radical (unpaired) electrons. The Morgan fingerprint density at radius 3 is 2.94 bits per heavy atom. The number of hydrogen-bond donors (Lipinski definition) is 3. The number of carboxylic acid groups (broad SMARTS) is 1. The topological polar surface area (TPSA) is 136 Å². The average molecular weight is 482 g/mol. The summed E-state index contributed by atoms with van der Waals surface area (Å²) in [7, 11) is 0. The maximum atomic E-state index is 13.0. The molecule has 1 aliphatic rings. The molecule has 34 heavy (non-hydrogen) atoms. The number of aromatic nitrogens is 5. The molecule has 1 aromatic carbocycles. The number of carboxylic acids is 1. The first-order valence-corrected chi connectivity index (χ1v) is 11.7. The van der Waals surface area contributed by atoms with E-state index in [-0.39, 0.29) is 18.7 Å². The number of aryl methyl sites for hydroxylation is 1. The molecule has 1 amide bonds. The molecule has 1 unspecified atom stereocenters. The van der Waals surface area contributed by atoms with Gasteiger partial charge in [0.2, 0.25) is 0 Å². The lowest BCUT2D eigenvalue weighted by Crippen LogP contribution is -2.19. The fourth-order valence-corrected chi connectivity index (χ4v) is 4.64. The number of ether oxygens (including phenoxy) is 1. The SMILES string of the molecule is Cc1ccc2c(cnn2C2CCCCO2)c1NC(=O)c1cnc(Nc2ccn(CC(=O)O)n2)s1. The van der Waals surface area contributed by atoms with Crippen LogP contribution in [0.1, 0.15) is 40.7 Å². The summed E-state index contributed by atoms with van der Waals surface area (Å²) < 4.78 is 9.08. The van der Waals surface area contributed by atoms with Gasteiger partial charge in [0.25, 0.3) is 5.91 Å². The van der Waals surface area contributed by atoms with E-state index in [2.05, 4.69) is 25.8 Å². The number of carbonyl (C=O) groups excluding carboxylic acids is 1. The van der Waals surface area contributed by atoms with Gasteiger partial charge in [-0.25, -0.2) is 9.67 Å². The number of nitrogens with zero attached hydrogens (tertiary/aromatic N) is 5. The zero-order valence-electron chi connectivity index (χ0n) is 18.4. The van der Waals surface area contributed by atoms with E-state index in [0.29, 0.717) is 21.5 Å². The molecular formula is C22H23N7O4S. The highest BCUT2D eigenvalue weighted by atomic mass is 32.1. The molecule has 12 heteroatoms. The molecule has 4 aromatic rings. The summed E-state index contributed by atoms with van der Waals surface area (Å²) in [6.07, 6.45) is 7.80. The third-order valence-electron chi connectivity index (χ3n) is 5.56. The van der Waals surface area contributed by atoms with Gasteiger partial charge in [-0.05, 0) is 37.8 Å². The third kappa shape index (κ3) is 4.50. The summed E-state index contributed by atoms with van der Waals surface area (Å²) in [5, 5.41) is 24.9. The second-order valence-corrected chi connectivity index (χ2v) is 9.03. The van der Waals surface area contributed by atoms with Crippen LogP contribution in [0.25, 0.3) is 10.9 Å². The molecule has 1 fully saturated rings. The highest BCUT2D eigenvalue weighted by Crippen LogP contribution is 2.32. The van der Waals surface area contributed by atoms with Gasteiger partial charge in [-0.2, -0.15) is 10.2 Å². The number of fused-ring (bicyclic) bond motifs is 1. The molecule has 1 aliphatic heterocycles. The second kappa shape index (κ2) is 9.23. The fraction of sp³-hybridized carbons (Fsp3) is 0.318. The lowest BCUT2D eigenvalue weighted by molar-refractivity contribution is -0.137. The van der Waals surface area contributed by atoms with Gasteiger partial charge in [-0.1, -0.05) is 17.4 Å². The summed E-state index contributed by atoms with van der Waals surface area (Å²) in [5.41, 5.74) is 2.55. The highest BCUT2D eigenvalue weighted by Gasteiger charge is 2.21. The molecule has 0 spiro atoms. The summed E-state index contributed by atoms with van der Waals surface area (Å²) in [4.78, 5) is 28.5. The van der Waals surface area contributed by atoms with Crippen LogP contribution >= 0.6 is 11.3 Å². The summed E-state index contributed by atoms with van der Waals surface area (Å²) in [6, 6.07) is 5.61. The monoisotopic (exact) mass is 481 g/mol. The number of aliphatic carboxylic acids is 1. The molecule has 1 saturated heterocycles. The summed E-state index contributed by atoms with van der Waals surface area (Å²) in [6.45, 7) is 2.43. The molecular weight excluding hydrogens is 458 g/mol. The maximum absolute atomic E-state index is 13.0. The van der Waals surface area contributed by atoms with Crippen LogP contribution in [0.2, 0.25) is 0 Å². The minimum Gasteiger partial charge on any atom is -0.480 e. The van der Waals surface area contributed by atoms with Gasteiger partial charge in [0.15, 0.2) is 17.2 Å². The molecule has 1 atom stereocenters. The predicted octanol–water partition coefficient (Wildman–Crippen LogP) is 3.78. The predicted molar refractivity (Wildman–Crippen MR) is 127 cm³/mol. The first-order chi connectivity index (χ1) is 16.5. The van der Waals surface area contributed by atoms with E-state index in [1.165, 1.54) is 22.2 Å². The minimum absolute atomic E-state index is 0.0911. The van der Waals surface area contributed by atoms with Crippen molar-refractivity contribution >= 4 is 50.8 Å². The van der Waals surface area contributed by atoms with Crippen molar-refractivity contribution in [3.63, 3.8) is 0 Å². The van der Waals surface area contributed by atoms with Gasteiger partial charge in [0.1, 0.15) is 11.4 Å². The van der Waals surface area contributed by atoms with Crippen LogP contribution in [0.3, 0.4) is 0 Å². The average Bonchev–Trinajstić information content (AvgIpc) is 3.56. The molecule has 3 N–H and O–H groups in total. The Kier molecular flexibility index (Phi) is 5.99. The number of carbonyl (C=O) groups is 2. The number of anilines is 3. The van der Waals surface area contributed by atoms with Crippen molar-refractivity contribution in [1.29, 1.82) is 0 Å². The van der Waals surface area contributed by atoms with Gasteiger partial charge < -0.3 is 20.5 Å². The zero-order chi connectivity index (χ0) is 23.7. The van der Waals surface area contributed by atoms with E-state index in [1.54, 1.807) is 18.5 Å². The number of rotatable bonds is 7. The Hall–Kier alpha value is -3.77. The van der Waals surface area contributed by atoms with Crippen molar-refractivity contribution in [2.75, 3.05) is 17.2 Å². The number of benzene rings is 1. The molecule has 176 valence electrons. The number of thiazole rings is 1. The third-order valence-corrected chi connectivity index (χ3v) is 6.47. The fourth-order valence-electron chi connectivity index (χ4n) is 3.92. The normalized spacial score (nSPS) is 16.0. The van der Waals surface area contributed by atoms with E-state index in [1.807, 2.05) is 23.7 Å². The Labute approximate surface area is 198 Å². The molecule has 3 aromatic heterocycles. The van der Waals surface area contributed by atoms with E-state index in [0.717, 1.165) is 42.3 Å². The van der Waals surface area contributed by atoms with Crippen molar-refractivity contribution in [3.8, 4) is 0 Å². The van der Waals surface area contributed by atoms with Crippen LogP contribution in [0.5, 0.6) is 0 Å².